The van der Waals surface area contributed by atoms with Crippen LogP contribution in [0.2, 0.25) is 0 Å². The Morgan fingerprint density at radius 2 is 1.89 bits per heavy atom. The monoisotopic (exact) mass is 818 g/mol. The van der Waals surface area contributed by atoms with E-state index < -0.39 is 37.6 Å². The summed E-state index contributed by atoms with van der Waals surface area (Å²) in [5, 5.41) is 12.2. The number of likely N-dealkylation sites (tertiary alicyclic amines) is 1. The van der Waals surface area contributed by atoms with Crippen LogP contribution in [0.1, 0.15) is 59.3 Å². The summed E-state index contributed by atoms with van der Waals surface area (Å²) >= 11 is 1.47. The Labute approximate surface area is 334 Å². The van der Waals surface area contributed by atoms with Crippen molar-refractivity contribution in [2.45, 2.75) is 87.9 Å². The van der Waals surface area contributed by atoms with Gasteiger partial charge >= 0.3 is 0 Å². The van der Waals surface area contributed by atoms with Crippen molar-refractivity contribution in [1.82, 2.24) is 20.2 Å². The van der Waals surface area contributed by atoms with E-state index in [-0.39, 0.29) is 52.9 Å². The number of methoxy groups -OCH3 is 1. The van der Waals surface area contributed by atoms with E-state index >= 15 is 0 Å². The lowest BCUT2D eigenvalue weighted by molar-refractivity contribution is -0.137. The quantitative estimate of drug-likeness (QED) is 0.129. The van der Waals surface area contributed by atoms with Crippen molar-refractivity contribution >= 4 is 69.7 Å². The maximum absolute atomic E-state index is 14.2. The van der Waals surface area contributed by atoms with Crippen molar-refractivity contribution < 1.29 is 32.3 Å². The molecule has 2 aromatic carbocycles. The second-order valence-electron chi connectivity index (χ2n) is 14.7. The molecule has 3 aliphatic rings. The molecule has 13 nitrogen and oxygen atoms in total. The Hall–Kier alpha value is -4.67. The minimum absolute atomic E-state index is 0.0219. The zero-order valence-corrected chi connectivity index (χ0v) is 34.2. The summed E-state index contributed by atoms with van der Waals surface area (Å²) in [7, 11) is -2.32. The number of fused-ring (bicyclic) bond motifs is 3. The first-order valence-electron chi connectivity index (χ1n) is 18.8. The lowest BCUT2D eigenvalue weighted by Crippen LogP contribution is -2.52. The van der Waals surface area contributed by atoms with Gasteiger partial charge in [-0.15, -0.1) is 11.3 Å². The molecule has 0 radical (unpaired) electrons. The SMILES string of the molecule is COc1ccc2c(O[C@@H]3C[C@@H](C(=O)N[C@]45C[C@H]4/C=C\CCCCCNc4ccccc4S(=O)(=O)SC5=O)N(C(C)=O)C3)cc(-c3csc(NC(C)C)n3)nc2c1. The molecule has 2 fully saturated rings. The van der Waals surface area contributed by atoms with Crippen molar-refractivity contribution in [3.05, 3.63) is 66.1 Å². The van der Waals surface area contributed by atoms with Crippen molar-refractivity contribution in [2.24, 2.45) is 5.92 Å². The topological polar surface area (TPSA) is 169 Å². The highest BCUT2D eigenvalue weighted by Crippen LogP contribution is 2.50. The van der Waals surface area contributed by atoms with Crippen LogP contribution in [-0.2, 0) is 23.3 Å². The van der Waals surface area contributed by atoms with E-state index in [2.05, 4.69) is 16.0 Å². The Morgan fingerprint density at radius 1 is 1.07 bits per heavy atom. The second-order valence-corrected chi connectivity index (χ2v) is 19.2. The van der Waals surface area contributed by atoms with E-state index in [4.69, 9.17) is 19.4 Å². The average Bonchev–Trinajstić information content (AvgIpc) is 3.43. The highest BCUT2D eigenvalue weighted by Gasteiger charge is 2.61. The maximum atomic E-state index is 14.2. The summed E-state index contributed by atoms with van der Waals surface area (Å²) in [4.78, 5) is 52.4. The van der Waals surface area contributed by atoms with E-state index in [9.17, 15) is 22.8 Å². The smallest absolute Gasteiger partial charge is 0.243 e. The predicted molar refractivity (Wildman–Crippen MR) is 220 cm³/mol. The van der Waals surface area contributed by atoms with Gasteiger partial charge in [-0.05, 0) is 63.8 Å². The van der Waals surface area contributed by atoms with Gasteiger partial charge in [0.25, 0.3) is 0 Å². The van der Waals surface area contributed by atoms with Gasteiger partial charge in [0.05, 0.1) is 41.3 Å². The number of thiazole rings is 1. The number of nitrogens with zero attached hydrogens (tertiary/aromatic N) is 3. The fourth-order valence-electron chi connectivity index (χ4n) is 7.25. The first-order chi connectivity index (χ1) is 26.9. The van der Waals surface area contributed by atoms with Gasteiger partial charge in [0.1, 0.15) is 39.8 Å². The number of rotatable bonds is 8. The molecule has 2 aliphatic heterocycles. The van der Waals surface area contributed by atoms with Gasteiger partial charge in [0.2, 0.25) is 25.8 Å². The molecule has 0 bridgehead atoms. The van der Waals surface area contributed by atoms with Gasteiger partial charge in [-0.2, -0.15) is 0 Å². The van der Waals surface area contributed by atoms with Gasteiger partial charge in [0, 0.05) is 54.7 Å². The molecular formula is C40H46N6O7S3. The maximum Gasteiger partial charge on any atom is 0.243 e. The normalized spacial score (nSPS) is 24.2. The lowest BCUT2D eigenvalue weighted by atomic mass is 10.1. The number of para-hydroxylation sites is 1. The van der Waals surface area contributed by atoms with Crippen LogP contribution < -0.4 is 25.4 Å². The fourth-order valence-corrected chi connectivity index (χ4v) is 11.2. The molecule has 1 saturated heterocycles. The summed E-state index contributed by atoms with van der Waals surface area (Å²) in [6.07, 6.45) is 7.28. The Balaban J connectivity index is 1.14. The van der Waals surface area contributed by atoms with Crippen molar-refractivity contribution in [3.63, 3.8) is 0 Å². The molecule has 56 heavy (non-hydrogen) atoms. The number of carbonyl (C=O) groups excluding carboxylic acids is 3. The van der Waals surface area contributed by atoms with Crippen LogP contribution in [0.25, 0.3) is 22.3 Å². The van der Waals surface area contributed by atoms with Gasteiger partial charge in [-0.1, -0.05) is 30.7 Å². The number of anilines is 2. The summed E-state index contributed by atoms with van der Waals surface area (Å²) in [5.74, 6) is -0.122. The molecule has 2 aromatic heterocycles. The number of pyridine rings is 1. The third kappa shape index (κ3) is 8.51. The number of hydrogen-bond donors (Lipinski definition) is 3. The Bertz CT molecular complexity index is 2280. The Kier molecular flexibility index (Phi) is 11.6. The van der Waals surface area contributed by atoms with Gasteiger partial charge in [0.15, 0.2) is 5.13 Å². The number of amides is 2. The number of allylic oxidation sites excluding steroid dienone is 1. The van der Waals surface area contributed by atoms with Gasteiger partial charge in [-0.25, -0.2) is 18.4 Å². The molecular weight excluding hydrogens is 773 g/mol. The number of hydrogen-bond acceptors (Lipinski definition) is 13. The van der Waals surface area contributed by atoms with Crippen LogP contribution in [0, 0.1) is 5.92 Å². The lowest BCUT2D eigenvalue weighted by Gasteiger charge is -2.25. The minimum Gasteiger partial charge on any atom is -0.497 e. The van der Waals surface area contributed by atoms with E-state index in [0.717, 1.165) is 36.2 Å². The van der Waals surface area contributed by atoms with E-state index in [1.165, 1.54) is 29.2 Å². The largest absolute Gasteiger partial charge is 0.497 e. The predicted octanol–water partition coefficient (Wildman–Crippen LogP) is 6.62. The number of ether oxygens (including phenoxy) is 2. The van der Waals surface area contributed by atoms with Crippen LogP contribution in [-0.4, -0.2) is 84.1 Å². The highest BCUT2D eigenvalue weighted by atomic mass is 33.1. The van der Waals surface area contributed by atoms with Gasteiger partial charge in [-0.3, -0.25) is 14.4 Å². The molecule has 296 valence electrons. The van der Waals surface area contributed by atoms with Crippen molar-refractivity contribution in [3.8, 4) is 22.9 Å². The van der Waals surface area contributed by atoms with Crippen molar-refractivity contribution in [1.29, 1.82) is 0 Å². The van der Waals surface area contributed by atoms with E-state index in [1.54, 1.807) is 25.3 Å². The molecule has 7 rings (SSSR count). The standard InChI is InChI=1S/C40H46N6O7S3/c1-24(2)42-39-44-33(23-54-39)32-20-35(29-16-15-27(52-4)18-31(29)43-32)53-28-19-34(46(22-28)25(3)47)37(48)45-40-21-26(40)12-8-6-5-7-11-17-41-30-13-9-10-14-36(30)56(50,51)55-38(40)49/h8-10,12-16,18,20,23-24,26,28,34,41H,5-7,11,17,19,21-22H2,1-4H3,(H,42,44)(H,45,48)/b12-8-/t26-,28-,34+,40-/m1/s1. The molecule has 1 saturated carbocycles. The highest BCUT2D eigenvalue weighted by molar-refractivity contribution is 8.77. The van der Waals surface area contributed by atoms with Gasteiger partial charge < -0.3 is 30.3 Å². The van der Waals surface area contributed by atoms with Crippen LogP contribution >= 0.6 is 22.1 Å². The molecule has 4 aromatic rings. The number of carbonyl (C=O) groups is 3. The zero-order valence-electron chi connectivity index (χ0n) is 31.7. The van der Waals surface area contributed by atoms with Crippen LogP contribution in [0.5, 0.6) is 11.5 Å². The molecule has 4 heterocycles. The van der Waals surface area contributed by atoms with Crippen LogP contribution in [0.15, 0.2) is 71.0 Å². The molecule has 0 spiro atoms. The van der Waals surface area contributed by atoms with Crippen LogP contribution in [0.3, 0.4) is 0 Å². The third-order valence-electron chi connectivity index (χ3n) is 10.2. The first-order valence-corrected chi connectivity index (χ1v) is 22.5. The second kappa shape index (κ2) is 16.4. The molecule has 2 amide bonds. The minimum atomic E-state index is -4.14. The molecule has 1 aliphatic carbocycles. The summed E-state index contributed by atoms with van der Waals surface area (Å²) < 4.78 is 39.5. The summed E-state index contributed by atoms with van der Waals surface area (Å²) in [5.41, 5.74) is 0.872. The average molecular weight is 819 g/mol. The molecule has 4 atom stereocenters. The van der Waals surface area contributed by atoms with E-state index in [0.29, 0.717) is 40.6 Å². The Morgan fingerprint density at radius 3 is 2.68 bits per heavy atom. The number of aromatic nitrogens is 2. The summed E-state index contributed by atoms with van der Waals surface area (Å²) in [6, 6.07) is 13.1. The fraction of sp³-hybridized carbons (Fsp3) is 0.425. The number of nitrogens with one attached hydrogen (secondary N) is 3. The number of benzene rings is 2. The molecule has 16 heteroatoms. The van der Waals surface area contributed by atoms with Crippen LogP contribution in [0.4, 0.5) is 10.8 Å². The zero-order chi connectivity index (χ0) is 39.6. The first kappa shape index (κ1) is 39.6. The molecule has 0 unspecified atom stereocenters. The third-order valence-corrected chi connectivity index (χ3v) is 14.3. The van der Waals surface area contributed by atoms with Crippen molar-refractivity contribution in [2.75, 3.05) is 30.8 Å². The molecule has 3 N–H and O–H groups in total. The summed E-state index contributed by atoms with van der Waals surface area (Å²) in [6.45, 7) is 6.20. The van der Waals surface area contributed by atoms with E-state index in [1.807, 2.05) is 55.6 Å².